The number of aryl methyl sites for hydroxylation is 1. The van der Waals surface area contributed by atoms with Crippen LogP contribution in [0.3, 0.4) is 0 Å². The summed E-state index contributed by atoms with van der Waals surface area (Å²) in [6, 6.07) is 26.7. The maximum atomic E-state index is 5.55. The number of thiocarbonyl (C=S) groups is 1. The molecule has 3 aromatic rings. The molecule has 0 saturated carbocycles. The summed E-state index contributed by atoms with van der Waals surface area (Å²) >= 11 is 9.00. The van der Waals surface area contributed by atoms with Gasteiger partial charge in [0.05, 0.1) is 6.04 Å². The van der Waals surface area contributed by atoms with E-state index >= 15 is 0 Å². The molecular formula is C21H19BrN2S. The Balaban J connectivity index is 1.84. The van der Waals surface area contributed by atoms with Crippen LogP contribution in [-0.2, 0) is 0 Å². The van der Waals surface area contributed by atoms with E-state index in [1.165, 1.54) is 16.7 Å². The van der Waals surface area contributed by atoms with Crippen LogP contribution in [0.1, 0.15) is 22.7 Å². The monoisotopic (exact) mass is 410 g/mol. The van der Waals surface area contributed by atoms with Crippen LogP contribution in [0.2, 0.25) is 0 Å². The number of anilines is 1. The average molecular weight is 411 g/mol. The standard InChI is InChI=1S/C21H19BrN2S/c1-15-7-5-6-10-19(15)20(16-8-3-2-4-9-16)24-21(25)23-18-13-11-17(22)12-14-18/h2-14,20H,1H3,(H2,23,24,25)/t20-/m0/s1. The van der Waals surface area contributed by atoms with Crippen LogP contribution in [0.5, 0.6) is 0 Å². The molecule has 0 amide bonds. The third kappa shape index (κ3) is 4.68. The van der Waals surface area contributed by atoms with Crippen molar-refractivity contribution in [1.82, 2.24) is 5.32 Å². The minimum Gasteiger partial charge on any atom is -0.352 e. The van der Waals surface area contributed by atoms with Gasteiger partial charge in [-0.15, -0.1) is 0 Å². The molecule has 0 aromatic heterocycles. The van der Waals surface area contributed by atoms with E-state index < -0.39 is 0 Å². The van der Waals surface area contributed by atoms with Gasteiger partial charge in [0, 0.05) is 10.2 Å². The second-order valence-corrected chi connectivity index (χ2v) is 7.13. The molecule has 0 aliphatic carbocycles. The van der Waals surface area contributed by atoms with Crippen molar-refractivity contribution < 1.29 is 0 Å². The summed E-state index contributed by atoms with van der Waals surface area (Å²) < 4.78 is 1.04. The SMILES string of the molecule is Cc1ccccc1[C@@H](NC(=S)Nc1ccc(Br)cc1)c1ccccc1. The summed E-state index contributed by atoms with van der Waals surface area (Å²) in [4.78, 5) is 0. The highest BCUT2D eigenvalue weighted by Crippen LogP contribution is 2.25. The van der Waals surface area contributed by atoms with Crippen LogP contribution in [0.25, 0.3) is 0 Å². The van der Waals surface area contributed by atoms with E-state index in [0.29, 0.717) is 5.11 Å². The van der Waals surface area contributed by atoms with E-state index in [4.69, 9.17) is 12.2 Å². The molecule has 2 nitrogen and oxygen atoms in total. The summed E-state index contributed by atoms with van der Waals surface area (Å²) in [7, 11) is 0. The van der Waals surface area contributed by atoms with E-state index in [1.54, 1.807) is 0 Å². The molecule has 0 spiro atoms. The third-order valence-electron chi connectivity index (χ3n) is 4.01. The Hall–Kier alpha value is -2.17. The Labute approximate surface area is 162 Å². The smallest absolute Gasteiger partial charge is 0.171 e. The number of hydrogen-bond acceptors (Lipinski definition) is 1. The predicted octanol–water partition coefficient (Wildman–Crippen LogP) is 5.83. The summed E-state index contributed by atoms with van der Waals surface area (Å²) in [5.41, 5.74) is 4.58. The van der Waals surface area contributed by atoms with E-state index in [0.717, 1.165) is 10.2 Å². The van der Waals surface area contributed by atoms with Crippen molar-refractivity contribution in [3.05, 3.63) is 100 Å². The van der Waals surface area contributed by atoms with Gasteiger partial charge in [0.1, 0.15) is 0 Å². The predicted molar refractivity (Wildman–Crippen MR) is 113 cm³/mol. The first-order valence-corrected chi connectivity index (χ1v) is 9.27. The molecule has 2 N–H and O–H groups in total. The summed E-state index contributed by atoms with van der Waals surface area (Å²) in [6.45, 7) is 2.12. The van der Waals surface area contributed by atoms with Crippen molar-refractivity contribution in [3.63, 3.8) is 0 Å². The van der Waals surface area contributed by atoms with Crippen LogP contribution in [0.4, 0.5) is 5.69 Å². The van der Waals surface area contributed by atoms with Crippen LogP contribution >= 0.6 is 28.1 Å². The zero-order valence-electron chi connectivity index (χ0n) is 13.9. The Morgan fingerprint density at radius 3 is 2.20 bits per heavy atom. The normalized spacial score (nSPS) is 11.6. The molecule has 0 aliphatic heterocycles. The Morgan fingerprint density at radius 1 is 0.880 bits per heavy atom. The molecule has 25 heavy (non-hydrogen) atoms. The molecule has 1 atom stereocenters. The molecule has 4 heteroatoms. The molecule has 3 aromatic carbocycles. The number of nitrogens with one attached hydrogen (secondary N) is 2. The van der Waals surface area contributed by atoms with E-state index in [-0.39, 0.29) is 6.04 Å². The quantitative estimate of drug-likeness (QED) is 0.528. The Morgan fingerprint density at radius 2 is 1.52 bits per heavy atom. The first-order chi connectivity index (χ1) is 12.1. The molecule has 0 fully saturated rings. The molecule has 126 valence electrons. The van der Waals surface area contributed by atoms with E-state index in [1.807, 2.05) is 42.5 Å². The molecule has 0 heterocycles. The van der Waals surface area contributed by atoms with E-state index in [9.17, 15) is 0 Å². The Bertz CT molecular complexity index is 847. The van der Waals surface area contributed by atoms with Crippen molar-refractivity contribution in [2.45, 2.75) is 13.0 Å². The topological polar surface area (TPSA) is 24.1 Å². The molecule has 0 saturated heterocycles. The fraction of sp³-hybridized carbons (Fsp3) is 0.0952. The Kier molecular flexibility index (Phi) is 5.84. The average Bonchev–Trinajstić information content (AvgIpc) is 2.63. The number of halogens is 1. The van der Waals surface area contributed by atoms with Crippen molar-refractivity contribution in [2.24, 2.45) is 0 Å². The first kappa shape index (κ1) is 17.6. The first-order valence-electron chi connectivity index (χ1n) is 8.07. The van der Waals surface area contributed by atoms with Gasteiger partial charge in [-0.25, -0.2) is 0 Å². The fourth-order valence-electron chi connectivity index (χ4n) is 2.73. The highest BCUT2D eigenvalue weighted by atomic mass is 79.9. The van der Waals surface area contributed by atoms with Crippen molar-refractivity contribution in [1.29, 1.82) is 0 Å². The summed E-state index contributed by atoms with van der Waals surface area (Å²) in [6.07, 6.45) is 0. The fourth-order valence-corrected chi connectivity index (χ4v) is 3.23. The molecule has 0 aliphatic rings. The van der Waals surface area contributed by atoms with Crippen molar-refractivity contribution >= 4 is 38.9 Å². The van der Waals surface area contributed by atoms with Crippen molar-refractivity contribution in [2.75, 3.05) is 5.32 Å². The number of hydrogen-bond donors (Lipinski definition) is 2. The lowest BCUT2D eigenvalue weighted by Gasteiger charge is -2.23. The molecule has 3 rings (SSSR count). The van der Waals surface area contributed by atoms with Crippen molar-refractivity contribution in [3.8, 4) is 0 Å². The minimum atomic E-state index is -0.00199. The zero-order chi connectivity index (χ0) is 17.6. The lowest BCUT2D eigenvalue weighted by atomic mass is 9.95. The van der Waals surface area contributed by atoms with E-state index in [2.05, 4.69) is 69.9 Å². The van der Waals surface area contributed by atoms with Gasteiger partial charge in [0.15, 0.2) is 5.11 Å². The lowest BCUT2D eigenvalue weighted by Crippen LogP contribution is -2.33. The molecule has 0 radical (unpaired) electrons. The van der Waals surface area contributed by atoms with Gasteiger partial charge in [-0.2, -0.15) is 0 Å². The minimum absolute atomic E-state index is 0.00199. The summed E-state index contributed by atoms with van der Waals surface area (Å²) in [5.74, 6) is 0. The third-order valence-corrected chi connectivity index (χ3v) is 4.76. The van der Waals surface area contributed by atoms with Gasteiger partial charge < -0.3 is 10.6 Å². The molecule has 0 bridgehead atoms. The van der Waals surface area contributed by atoms with Crippen LogP contribution in [-0.4, -0.2) is 5.11 Å². The number of rotatable bonds is 4. The van der Waals surface area contributed by atoms with Gasteiger partial charge in [0.25, 0.3) is 0 Å². The summed E-state index contributed by atoms with van der Waals surface area (Å²) in [5, 5.41) is 7.32. The van der Waals surface area contributed by atoms with Crippen LogP contribution < -0.4 is 10.6 Å². The molecule has 0 unspecified atom stereocenters. The van der Waals surface area contributed by atoms with Crippen LogP contribution in [0.15, 0.2) is 83.3 Å². The number of benzene rings is 3. The van der Waals surface area contributed by atoms with Crippen LogP contribution in [0, 0.1) is 6.92 Å². The van der Waals surface area contributed by atoms with Gasteiger partial charge >= 0.3 is 0 Å². The van der Waals surface area contributed by atoms with Gasteiger partial charge in [0.2, 0.25) is 0 Å². The second kappa shape index (κ2) is 8.28. The largest absolute Gasteiger partial charge is 0.352 e. The zero-order valence-corrected chi connectivity index (χ0v) is 16.3. The highest BCUT2D eigenvalue weighted by molar-refractivity contribution is 9.10. The van der Waals surface area contributed by atoms with Gasteiger partial charge in [-0.3, -0.25) is 0 Å². The second-order valence-electron chi connectivity index (χ2n) is 5.81. The van der Waals surface area contributed by atoms with Gasteiger partial charge in [-0.1, -0.05) is 70.5 Å². The molecular weight excluding hydrogens is 392 g/mol. The highest BCUT2D eigenvalue weighted by Gasteiger charge is 2.16. The van der Waals surface area contributed by atoms with Gasteiger partial charge in [-0.05, 0) is 60.1 Å². The maximum Gasteiger partial charge on any atom is 0.171 e. The maximum absolute atomic E-state index is 5.55. The lowest BCUT2D eigenvalue weighted by molar-refractivity contribution is 0.762.